The van der Waals surface area contributed by atoms with E-state index in [4.69, 9.17) is 27.6 Å². The smallest absolute Gasteiger partial charge is 0.293 e. The van der Waals surface area contributed by atoms with E-state index >= 15 is 0 Å². The second kappa shape index (κ2) is 6.67. The fraction of sp³-hybridized carbons (Fsp3) is 0.176. The Kier molecular flexibility index (Phi) is 4.76. The number of rotatable bonds is 3. The van der Waals surface area contributed by atoms with Crippen LogP contribution in [-0.4, -0.2) is 22.1 Å². The first-order valence-electron chi connectivity index (χ1n) is 7.19. The summed E-state index contributed by atoms with van der Waals surface area (Å²) < 4.78 is 5.73. The molecule has 2 amide bonds. The third-order valence-electron chi connectivity index (χ3n) is 3.44. The van der Waals surface area contributed by atoms with Gasteiger partial charge in [-0.15, -0.1) is 0 Å². The normalized spacial score (nSPS) is 16.7. The van der Waals surface area contributed by atoms with Crippen LogP contribution in [0.2, 0.25) is 10.0 Å². The Bertz CT molecular complexity index is 857. The number of hydrogen-bond donors (Lipinski definition) is 0. The first-order chi connectivity index (χ1) is 11.4. The predicted molar refractivity (Wildman–Crippen MR) is 97.1 cm³/mol. The lowest BCUT2D eigenvalue weighted by Gasteiger charge is -2.16. The molecule has 1 aromatic heterocycles. The van der Waals surface area contributed by atoms with Crippen molar-refractivity contribution < 1.29 is 14.0 Å². The van der Waals surface area contributed by atoms with Crippen LogP contribution in [0.3, 0.4) is 0 Å². The molecule has 2 heterocycles. The van der Waals surface area contributed by atoms with Crippen molar-refractivity contribution in [3.63, 3.8) is 0 Å². The van der Waals surface area contributed by atoms with Crippen molar-refractivity contribution in [2.24, 2.45) is 0 Å². The molecule has 0 atom stereocenters. The lowest BCUT2D eigenvalue weighted by Crippen LogP contribution is -2.34. The van der Waals surface area contributed by atoms with Crippen LogP contribution in [-0.2, 0) is 4.79 Å². The molecule has 3 rings (SSSR count). The Labute approximate surface area is 153 Å². The van der Waals surface area contributed by atoms with Crippen LogP contribution in [0.15, 0.2) is 39.7 Å². The van der Waals surface area contributed by atoms with Crippen LogP contribution in [0.1, 0.15) is 19.6 Å². The van der Waals surface area contributed by atoms with Crippen LogP contribution in [0.4, 0.5) is 4.79 Å². The molecule has 0 bridgehead atoms. The number of imide groups is 1. The van der Waals surface area contributed by atoms with E-state index in [9.17, 15) is 9.59 Å². The van der Waals surface area contributed by atoms with E-state index in [2.05, 4.69) is 0 Å². The molecular formula is C17H13Cl2NO3S. The third-order valence-corrected chi connectivity index (χ3v) is 5.07. The fourth-order valence-corrected chi connectivity index (χ4v) is 3.53. The molecule has 0 spiro atoms. The molecule has 2 aromatic rings. The molecule has 1 fully saturated rings. The minimum absolute atomic E-state index is 0.174. The van der Waals surface area contributed by atoms with Gasteiger partial charge in [-0.25, -0.2) is 0 Å². The molecule has 7 heteroatoms. The summed E-state index contributed by atoms with van der Waals surface area (Å²) in [5, 5.41) is 0.636. The summed E-state index contributed by atoms with van der Waals surface area (Å²) in [5.74, 6) is 0.792. The number of halogens is 2. The Morgan fingerprint density at radius 1 is 1.12 bits per heavy atom. The van der Waals surface area contributed by atoms with Crippen molar-refractivity contribution in [1.29, 1.82) is 0 Å². The number of thioether (sulfide) groups is 1. The van der Waals surface area contributed by atoms with Crippen molar-refractivity contribution in [1.82, 2.24) is 4.90 Å². The highest BCUT2D eigenvalue weighted by Gasteiger charge is 2.36. The highest BCUT2D eigenvalue weighted by molar-refractivity contribution is 8.18. The Balaban J connectivity index is 1.87. The second-order valence-corrected chi connectivity index (χ2v) is 7.28. The molecule has 0 unspecified atom stereocenters. The van der Waals surface area contributed by atoms with E-state index in [0.29, 0.717) is 26.5 Å². The van der Waals surface area contributed by atoms with Gasteiger partial charge in [0, 0.05) is 17.7 Å². The van der Waals surface area contributed by atoms with E-state index in [-0.39, 0.29) is 17.2 Å². The molecule has 0 aliphatic carbocycles. The largest absolute Gasteiger partial charge is 0.457 e. The SMILES string of the molecule is CC(C)N1C(=O)S/C(=C\c2ccc(-c3ccc(Cl)c(Cl)c3)o2)C1=O. The predicted octanol–water partition coefficient (Wildman–Crippen LogP) is 5.70. The maximum Gasteiger partial charge on any atom is 0.293 e. The van der Waals surface area contributed by atoms with Crippen LogP contribution in [0.5, 0.6) is 0 Å². The van der Waals surface area contributed by atoms with Crippen molar-refractivity contribution in [3.8, 4) is 11.3 Å². The summed E-state index contributed by atoms with van der Waals surface area (Å²) in [4.78, 5) is 25.7. The van der Waals surface area contributed by atoms with Gasteiger partial charge in [0.25, 0.3) is 11.1 Å². The van der Waals surface area contributed by atoms with Crippen LogP contribution in [0, 0.1) is 0 Å². The van der Waals surface area contributed by atoms with E-state index in [1.807, 2.05) is 0 Å². The maximum atomic E-state index is 12.3. The van der Waals surface area contributed by atoms with Gasteiger partial charge < -0.3 is 4.42 Å². The molecule has 0 saturated carbocycles. The standard InChI is InChI=1S/C17H13Cl2NO3S/c1-9(2)20-16(21)15(24-17(20)22)8-11-4-6-14(23-11)10-3-5-12(18)13(19)7-10/h3-9H,1-2H3/b15-8-. The highest BCUT2D eigenvalue weighted by Crippen LogP contribution is 2.35. The quantitative estimate of drug-likeness (QED) is 0.639. The van der Waals surface area contributed by atoms with Crippen LogP contribution >= 0.6 is 35.0 Å². The summed E-state index contributed by atoms with van der Waals surface area (Å²) >= 11 is 12.8. The van der Waals surface area contributed by atoms with E-state index < -0.39 is 0 Å². The lowest BCUT2D eigenvalue weighted by atomic mass is 10.2. The van der Waals surface area contributed by atoms with Crippen molar-refractivity contribution in [2.75, 3.05) is 0 Å². The maximum absolute atomic E-state index is 12.3. The average molecular weight is 382 g/mol. The van der Waals surface area contributed by atoms with Gasteiger partial charge in [0.1, 0.15) is 11.5 Å². The van der Waals surface area contributed by atoms with Gasteiger partial charge in [0.05, 0.1) is 15.0 Å². The van der Waals surface area contributed by atoms with Gasteiger partial charge in [-0.1, -0.05) is 23.2 Å². The fourth-order valence-electron chi connectivity index (χ4n) is 2.29. The summed E-state index contributed by atoms with van der Waals surface area (Å²) in [5.41, 5.74) is 0.777. The number of carbonyl (C=O) groups is 2. The lowest BCUT2D eigenvalue weighted by molar-refractivity contribution is -0.123. The van der Waals surface area contributed by atoms with Crippen LogP contribution < -0.4 is 0 Å². The monoisotopic (exact) mass is 381 g/mol. The third kappa shape index (κ3) is 3.24. The van der Waals surface area contributed by atoms with Crippen molar-refractivity contribution >= 4 is 52.2 Å². The molecule has 1 aliphatic heterocycles. The summed E-state index contributed by atoms with van der Waals surface area (Å²) in [6.07, 6.45) is 1.58. The minimum Gasteiger partial charge on any atom is -0.457 e. The van der Waals surface area contributed by atoms with Gasteiger partial charge in [-0.2, -0.15) is 0 Å². The first kappa shape index (κ1) is 17.1. The zero-order chi connectivity index (χ0) is 17.4. The highest BCUT2D eigenvalue weighted by atomic mass is 35.5. The Hall–Kier alpha value is -1.69. The molecule has 1 aromatic carbocycles. The molecule has 0 radical (unpaired) electrons. The number of amides is 2. The summed E-state index contributed by atoms with van der Waals surface area (Å²) in [6, 6.07) is 8.53. The van der Waals surface area contributed by atoms with Crippen molar-refractivity contribution in [2.45, 2.75) is 19.9 Å². The molecule has 1 aliphatic rings. The van der Waals surface area contributed by atoms with Crippen LogP contribution in [0.25, 0.3) is 17.4 Å². The van der Waals surface area contributed by atoms with Gasteiger partial charge in [-0.3, -0.25) is 14.5 Å². The molecule has 24 heavy (non-hydrogen) atoms. The Morgan fingerprint density at radius 3 is 2.50 bits per heavy atom. The number of nitrogens with zero attached hydrogens (tertiary/aromatic N) is 1. The molecule has 1 saturated heterocycles. The number of carbonyl (C=O) groups excluding carboxylic acids is 2. The first-order valence-corrected chi connectivity index (χ1v) is 8.76. The molecule has 4 nitrogen and oxygen atoms in total. The van der Waals surface area contributed by atoms with Gasteiger partial charge in [-0.05, 0) is 55.9 Å². The molecular weight excluding hydrogens is 369 g/mol. The second-order valence-electron chi connectivity index (χ2n) is 5.48. The number of benzene rings is 1. The number of furan rings is 1. The number of hydrogen-bond acceptors (Lipinski definition) is 4. The van der Waals surface area contributed by atoms with Gasteiger partial charge in [0.2, 0.25) is 0 Å². The summed E-state index contributed by atoms with van der Waals surface area (Å²) in [6.45, 7) is 3.60. The van der Waals surface area contributed by atoms with Gasteiger partial charge >= 0.3 is 0 Å². The molecule has 124 valence electrons. The average Bonchev–Trinajstić information content (AvgIpc) is 3.07. The van der Waals surface area contributed by atoms with E-state index in [1.54, 1.807) is 50.3 Å². The molecule has 0 N–H and O–H groups in total. The topological polar surface area (TPSA) is 50.5 Å². The Morgan fingerprint density at radius 2 is 1.88 bits per heavy atom. The zero-order valence-electron chi connectivity index (χ0n) is 12.9. The van der Waals surface area contributed by atoms with Gasteiger partial charge in [0.15, 0.2) is 0 Å². The zero-order valence-corrected chi connectivity index (χ0v) is 15.2. The van der Waals surface area contributed by atoms with E-state index in [0.717, 1.165) is 17.3 Å². The summed E-state index contributed by atoms with van der Waals surface area (Å²) in [7, 11) is 0. The van der Waals surface area contributed by atoms with E-state index in [1.165, 1.54) is 4.90 Å². The minimum atomic E-state index is -0.299. The van der Waals surface area contributed by atoms with Crippen molar-refractivity contribution in [3.05, 3.63) is 51.0 Å².